The Kier molecular flexibility index (Phi) is 12.6. The fourth-order valence-corrected chi connectivity index (χ4v) is 11.7. The molecule has 0 aliphatic carbocycles. The van der Waals surface area contributed by atoms with Gasteiger partial charge < -0.3 is 35.1 Å². The first-order valence-corrected chi connectivity index (χ1v) is 21.8. The fourth-order valence-electron chi connectivity index (χ4n) is 10.1. The van der Waals surface area contributed by atoms with E-state index in [4.69, 9.17) is 23.2 Å². The number of carboxylic acids is 2. The van der Waals surface area contributed by atoms with Crippen LogP contribution in [-0.2, 0) is 26.2 Å². The minimum atomic E-state index is -1.86. The van der Waals surface area contributed by atoms with Gasteiger partial charge in [0.15, 0.2) is 0 Å². The molecule has 0 aromatic heterocycles. The number of carbonyl (C=O) groups is 4. The Morgan fingerprint density at radius 1 is 0.825 bits per heavy atom. The van der Waals surface area contributed by atoms with E-state index < -0.39 is 17.4 Å². The van der Waals surface area contributed by atoms with E-state index in [0.717, 1.165) is 31.5 Å². The summed E-state index contributed by atoms with van der Waals surface area (Å²) >= 11 is 15.9. The topological polar surface area (TPSA) is 137 Å². The van der Waals surface area contributed by atoms with Crippen molar-refractivity contribution in [3.63, 3.8) is 0 Å². The van der Waals surface area contributed by atoms with Gasteiger partial charge in [-0.3, -0.25) is 14.5 Å². The lowest BCUT2D eigenvalue weighted by molar-refractivity contribution is -0.134. The number of rotatable bonds is 10. The maximum atomic E-state index is 14.3. The third-order valence-corrected chi connectivity index (χ3v) is 14.9. The van der Waals surface area contributed by atoms with Crippen molar-refractivity contribution < 1.29 is 29.4 Å². The van der Waals surface area contributed by atoms with Crippen molar-refractivity contribution in [3.05, 3.63) is 91.7 Å². The Labute approximate surface area is 357 Å². The van der Waals surface area contributed by atoms with Crippen LogP contribution in [0.4, 0.5) is 0 Å². The largest absolute Gasteiger partial charge is 0.478 e. The molecular formula is C42H51Cl2IN6O6. The van der Waals surface area contributed by atoms with Gasteiger partial charge >= 0.3 is 11.9 Å². The molecule has 0 spiro atoms. The number of hydrogen-bond acceptors (Lipinski definition) is 8. The number of carbonyl (C=O) groups excluding carboxylic acids is 2. The predicted molar refractivity (Wildman–Crippen MR) is 228 cm³/mol. The van der Waals surface area contributed by atoms with Crippen LogP contribution in [-0.4, -0.2) is 141 Å². The highest BCUT2D eigenvalue weighted by Gasteiger charge is 2.52. The molecule has 2 amide bonds. The molecule has 57 heavy (non-hydrogen) atoms. The van der Waals surface area contributed by atoms with Crippen molar-refractivity contribution in [1.82, 2.24) is 29.8 Å². The third kappa shape index (κ3) is 7.96. The molecule has 5 aliphatic rings. The molecule has 12 nitrogen and oxygen atoms in total. The molecule has 4 fully saturated rings. The number of allylic oxidation sites excluding steroid dienone is 1. The smallest absolute Gasteiger partial charge is 0.334 e. The molecule has 306 valence electrons. The van der Waals surface area contributed by atoms with E-state index in [1.165, 1.54) is 19.8 Å². The summed E-state index contributed by atoms with van der Waals surface area (Å²) in [4.78, 5) is 65.6. The number of piperazine rings is 2. The molecule has 15 heteroatoms. The number of hydrogen-bond donors (Lipinski definition) is 3. The highest BCUT2D eigenvalue weighted by Crippen LogP contribution is 2.52. The lowest BCUT2D eigenvalue weighted by atomic mass is 9.66. The van der Waals surface area contributed by atoms with Crippen molar-refractivity contribution in [3.8, 4) is 0 Å². The van der Waals surface area contributed by atoms with E-state index in [1.807, 2.05) is 23.1 Å². The van der Waals surface area contributed by atoms with Crippen LogP contribution in [0.15, 0.2) is 65.0 Å². The first kappa shape index (κ1) is 41.9. The van der Waals surface area contributed by atoms with Crippen molar-refractivity contribution in [2.45, 2.75) is 79.5 Å². The summed E-state index contributed by atoms with van der Waals surface area (Å²) in [6, 6.07) is 13.8. The molecule has 7 rings (SSSR count). The van der Waals surface area contributed by atoms with Crippen LogP contribution in [0.5, 0.6) is 0 Å². The zero-order chi connectivity index (χ0) is 40.8. The molecule has 5 aliphatic heterocycles. The Hall–Kier alpha value is -3.21. The second-order valence-electron chi connectivity index (χ2n) is 16.1. The van der Waals surface area contributed by atoms with Crippen LogP contribution in [0.2, 0.25) is 10.0 Å². The van der Waals surface area contributed by atoms with Crippen LogP contribution >= 0.6 is 45.8 Å². The number of aliphatic carboxylic acids is 2. The molecule has 5 heterocycles. The number of halogens is 3. The van der Waals surface area contributed by atoms with Gasteiger partial charge in [0.25, 0.3) is 5.91 Å². The van der Waals surface area contributed by atoms with Crippen LogP contribution in [0.3, 0.4) is 0 Å². The van der Waals surface area contributed by atoms with Crippen LogP contribution < -0.4 is 5.32 Å². The molecule has 0 radical (unpaired) electrons. The van der Waals surface area contributed by atoms with Crippen LogP contribution in [0.25, 0.3) is 0 Å². The first-order valence-electron chi connectivity index (χ1n) is 19.8. The summed E-state index contributed by atoms with van der Waals surface area (Å²) in [7, 11) is 3.86. The minimum Gasteiger partial charge on any atom is -0.478 e. The van der Waals surface area contributed by atoms with E-state index in [9.17, 15) is 29.4 Å². The number of nitrogens with one attached hydrogen (secondary N) is 1. The van der Waals surface area contributed by atoms with Crippen molar-refractivity contribution in [2.75, 3.05) is 59.9 Å². The third-order valence-electron chi connectivity index (χ3n) is 13.2. The summed E-state index contributed by atoms with van der Waals surface area (Å²) in [5.74, 6) is -3.05. The van der Waals surface area contributed by atoms with Crippen LogP contribution in [0, 0.1) is 0 Å². The van der Waals surface area contributed by atoms with Gasteiger partial charge in [-0.1, -0.05) is 70.1 Å². The second-order valence-corrected chi connectivity index (χ2v) is 18.4. The van der Waals surface area contributed by atoms with Crippen molar-refractivity contribution >= 4 is 69.5 Å². The number of carboxylic acid groups (broad SMARTS) is 2. The Morgan fingerprint density at radius 2 is 1.44 bits per heavy atom. The Balaban J connectivity index is 1.22. The van der Waals surface area contributed by atoms with Gasteiger partial charge in [0.05, 0.1) is 27.0 Å². The maximum Gasteiger partial charge on any atom is 0.334 e. The maximum absolute atomic E-state index is 14.3. The molecule has 4 unspecified atom stereocenters. The highest BCUT2D eigenvalue weighted by atomic mass is 127. The number of amides is 2. The summed E-state index contributed by atoms with van der Waals surface area (Å²) in [6.07, 6.45) is 4.88. The van der Waals surface area contributed by atoms with E-state index in [2.05, 4.69) is 44.8 Å². The number of aryl methyl sites for hydroxylation is 1. The van der Waals surface area contributed by atoms with Gasteiger partial charge in [-0.2, -0.15) is 0 Å². The molecule has 2 bridgehead atoms. The van der Waals surface area contributed by atoms with Crippen LogP contribution in [0.1, 0.15) is 66.9 Å². The normalized spacial score (nSPS) is 27.3. The van der Waals surface area contributed by atoms with Gasteiger partial charge in [-0.25, -0.2) is 9.59 Å². The van der Waals surface area contributed by atoms with Gasteiger partial charge in [0.2, 0.25) is 5.91 Å². The van der Waals surface area contributed by atoms with Crippen molar-refractivity contribution in [2.24, 2.45) is 0 Å². The number of piperidine rings is 1. The Morgan fingerprint density at radius 3 is 2.05 bits per heavy atom. The molecule has 2 aromatic rings. The SMILES string of the molecule is CN1C(CCc2ccccc2C(=O)N2CCNCC2I)=C(C(=O)O)C(C)(c2c(Cl)cccc2Cl)C(C(=O)O)=C1CC(=O)N1CCN(C2CC3CCC(C2)N3C)CC1. The van der Waals surface area contributed by atoms with E-state index in [0.29, 0.717) is 62.1 Å². The van der Waals surface area contributed by atoms with Gasteiger partial charge in [0, 0.05) is 104 Å². The molecule has 0 saturated carbocycles. The lowest BCUT2D eigenvalue weighted by Crippen LogP contribution is -2.56. The summed E-state index contributed by atoms with van der Waals surface area (Å²) in [6.45, 7) is 5.97. The average molecular weight is 934 g/mol. The van der Waals surface area contributed by atoms with Gasteiger partial charge in [-0.05, 0) is 76.3 Å². The van der Waals surface area contributed by atoms with Gasteiger partial charge in [-0.15, -0.1) is 0 Å². The highest BCUT2D eigenvalue weighted by molar-refractivity contribution is 14.1. The second kappa shape index (κ2) is 17.2. The number of fused-ring (bicyclic) bond motifs is 2. The predicted octanol–water partition coefficient (Wildman–Crippen LogP) is 5.47. The number of alkyl halides is 1. The molecule has 4 atom stereocenters. The van der Waals surface area contributed by atoms with E-state index >= 15 is 0 Å². The summed E-state index contributed by atoms with van der Waals surface area (Å²) in [5.41, 5.74) is -0.440. The monoisotopic (exact) mass is 932 g/mol. The first-order chi connectivity index (χ1) is 27.2. The molecule has 3 N–H and O–H groups in total. The van der Waals surface area contributed by atoms with E-state index in [-0.39, 0.29) is 67.6 Å². The quantitative estimate of drug-likeness (QED) is 0.160. The number of benzene rings is 2. The molecular weight excluding hydrogens is 882 g/mol. The standard InChI is InChI=1S/C42H51Cl2IN6O6/c1-42(36-30(43)9-6-10-31(36)44)37(40(54)55)32(14-11-25-7-4-5-8-29(25)39(53)51-16-15-46-24-34(51)45)48(3)33(38(42)41(56)57)23-35(52)50-19-17-49(18-20-50)28-21-26-12-13-27(22-28)47(26)2/h4-10,26-28,34,46H,11-24H2,1-3H3,(H,54,55)(H,56,57). The zero-order valence-electron chi connectivity index (χ0n) is 32.6. The fraction of sp³-hybridized carbons (Fsp3) is 0.524. The minimum absolute atomic E-state index is 0.0317. The lowest BCUT2D eigenvalue weighted by Gasteiger charge is -2.46. The van der Waals surface area contributed by atoms with Gasteiger partial charge in [0.1, 0.15) is 0 Å². The number of nitrogens with zero attached hydrogens (tertiary/aromatic N) is 5. The zero-order valence-corrected chi connectivity index (χ0v) is 36.3. The molecule has 2 aromatic carbocycles. The average Bonchev–Trinajstić information content (AvgIpc) is 3.36. The van der Waals surface area contributed by atoms with Crippen molar-refractivity contribution in [1.29, 1.82) is 0 Å². The van der Waals surface area contributed by atoms with E-state index in [1.54, 1.807) is 41.1 Å². The summed E-state index contributed by atoms with van der Waals surface area (Å²) in [5, 5.41) is 25.6. The summed E-state index contributed by atoms with van der Waals surface area (Å²) < 4.78 is -0.0317. The Bertz CT molecular complexity index is 1970. The molecule has 4 saturated heterocycles.